The van der Waals surface area contributed by atoms with Crippen LogP contribution in [-0.4, -0.2) is 26.5 Å². The van der Waals surface area contributed by atoms with Gasteiger partial charge in [-0.1, -0.05) is 23.7 Å². The number of carboxylic acids is 1. The minimum Gasteiger partial charge on any atom is -0.477 e. The standard InChI is InChI=1S/C18H16ClN3O4S/c1-8-13-16(27-14(8)18(25)26)21-12(7-10-3-5-11(19)6-4-10)22(17(13)24)9(2)15(20)23/h3-6,9H,7H2,1-2H3,(H2,20,23)(H,25,26). The molecule has 2 heterocycles. The number of primary amides is 1. The molecule has 3 rings (SSSR count). The van der Waals surface area contributed by atoms with E-state index in [1.54, 1.807) is 31.2 Å². The van der Waals surface area contributed by atoms with Crippen molar-refractivity contribution in [2.75, 3.05) is 0 Å². The highest BCUT2D eigenvalue weighted by atomic mass is 35.5. The molecule has 1 atom stereocenters. The number of aryl methyl sites for hydroxylation is 1. The van der Waals surface area contributed by atoms with Gasteiger partial charge >= 0.3 is 5.97 Å². The Morgan fingerprint density at radius 1 is 1.33 bits per heavy atom. The fraction of sp³-hybridized carbons (Fsp3) is 0.222. The molecule has 1 amide bonds. The minimum atomic E-state index is -1.12. The Morgan fingerprint density at radius 3 is 2.52 bits per heavy atom. The number of nitrogens with zero attached hydrogens (tertiary/aromatic N) is 2. The normalized spacial score (nSPS) is 12.3. The van der Waals surface area contributed by atoms with Crippen molar-refractivity contribution in [3.8, 4) is 0 Å². The van der Waals surface area contributed by atoms with Crippen LogP contribution in [0.25, 0.3) is 10.2 Å². The van der Waals surface area contributed by atoms with Crippen LogP contribution in [0.3, 0.4) is 0 Å². The van der Waals surface area contributed by atoms with Gasteiger partial charge < -0.3 is 10.8 Å². The van der Waals surface area contributed by atoms with Crippen LogP contribution in [0.15, 0.2) is 29.1 Å². The largest absolute Gasteiger partial charge is 0.477 e. The number of carbonyl (C=O) groups is 2. The van der Waals surface area contributed by atoms with E-state index in [0.717, 1.165) is 16.9 Å². The molecule has 0 fully saturated rings. The summed E-state index contributed by atoms with van der Waals surface area (Å²) >= 11 is 6.85. The zero-order chi connectivity index (χ0) is 19.9. The van der Waals surface area contributed by atoms with Crippen LogP contribution in [0.2, 0.25) is 5.02 Å². The van der Waals surface area contributed by atoms with Gasteiger partial charge in [0.25, 0.3) is 5.56 Å². The number of halogens is 1. The SMILES string of the molecule is Cc1c(C(=O)O)sc2nc(Cc3ccc(Cl)cc3)n(C(C)C(N)=O)c(=O)c12. The number of nitrogens with two attached hydrogens (primary N) is 1. The van der Waals surface area contributed by atoms with Crippen molar-refractivity contribution in [2.24, 2.45) is 5.73 Å². The predicted molar refractivity (Wildman–Crippen MR) is 104 cm³/mol. The maximum absolute atomic E-state index is 13.1. The molecule has 2 aromatic heterocycles. The average Bonchev–Trinajstić information content (AvgIpc) is 2.93. The maximum atomic E-state index is 13.1. The monoisotopic (exact) mass is 405 g/mol. The first-order chi connectivity index (χ1) is 12.7. The van der Waals surface area contributed by atoms with E-state index in [-0.39, 0.29) is 16.7 Å². The van der Waals surface area contributed by atoms with Crippen molar-refractivity contribution < 1.29 is 14.7 Å². The van der Waals surface area contributed by atoms with Gasteiger partial charge in [0.15, 0.2) is 0 Å². The summed E-state index contributed by atoms with van der Waals surface area (Å²) in [5, 5.41) is 10.1. The second kappa shape index (κ2) is 7.13. The molecule has 0 aliphatic carbocycles. The topological polar surface area (TPSA) is 115 Å². The van der Waals surface area contributed by atoms with Gasteiger partial charge in [-0.05, 0) is 37.1 Å². The third kappa shape index (κ3) is 3.45. The van der Waals surface area contributed by atoms with Gasteiger partial charge in [-0.15, -0.1) is 11.3 Å². The number of carbonyl (C=O) groups excluding carboxylic acids is 1. The van der Waals surface area contributed by atoms with Crippen molar-refractivity contribution in [3.63, 3.8) is 0 Å². The molecule has 0 saturated carbocycles. The Kier molecular flexibility index (Phi) is 5.03. The number of aromatic nitrogens is 2. The second-order valence-electron chi connectivity index (χ2n) is 6.13. The average molecular weight is 406 g/mol. The first-order valence-corrected chi connectivity index (χ1v) is 9.21. The Bertz CT molecular complexity index is 1120. The molecule has 3 N–H and O–H groups in total. The van der Waals surface area contributed by atoms with Gasteiger partial charge in [-0.2, -0.15) is 0 Å². The molecule has 7 nitrogen and oxygen atoms in total. The molecular formula is C18H16ClN3O4S. The number of aromatic carboxylic acids is 1. The van der Waals surface area contributed by atoms with Crippen molar-refractivity contribution in [2.45, 2.75) is 26.3 Å². The van der Waals surface area contributed by atoms with Gasteiger partial charge in [0, 0.05) is 11.4 Å². The fourth-order valence-corrected chi connectivity index (χ4v) is 4.03. The molecule has 0 bridgehead atoms. The van der Waals surface area contributed by atoms with Crippen molar-refractivity contribution in [1.82, 2.24) is 9.55 Å². The Hall–Kier alpha value is -2.71. The fourth-order valence-electron chi connectivity index (χ4n) is 2.88. The lowest BCUT2D eigenvalue weighted by molar-refractivity contribution is -0.120. The summed E-state index contributed by atoms with van der Waals surface area (Å²) in [6, 6.07) is 6.09. The summed E-state index contributed by atoms with van der Waals surface area (Å²) in [5.74, 6) is -1.47. The molecule has 0 aliphatic heterocycles. The van der Waals surface area contributed by atoms with Gasteiger partial charge in [-0.3, -0.25) is 14.2 Å². The van der Waals surface area contributed by atoms with E-state index < -0.39 is 23.5 Å². The van der Waals surface area contributed by atoms with Crippen LogP contribution < -0.4 is 11.3 Å². The summed E-state index contributed by atoms with van der Waals surface area (Å²) in [4.78, 5) is 41.2. The number of carboxylic acid groups (broad SMARTS) is 1. The van der Waals surface area contributed by atoms with Crippen LogP contribution >= 0.6 is 22.9 Å². The molecule has 0 saturated heterocycles. The Balaban J connectivity index is 2.28. The number of rotatable bonds is 5. The lowest BCUT2D eigenvalue weighted by Gasteiger charge is -2.17. The quantitative estimate of drug-likeness (QED) is 0.677. The number of benzene rings is 1. The van der Waals surface area contributed by atoms with Crippen LogP contribution in [-0.2, 0) is 11.2 Å². The van der Waals surface area contributed by atoms with Gasteiger partial charge in [-0.25, -0.2) is 9.78 Å². The lowest BCUT2D eigenvalue weighted by atomic mass is 10.1. The second-order valence-corrected chi connectivity index (χ2v) is 7.56. The molecule has 0 spiro atoms. The molecule has 140 valence electrons. The van der Waals surface area contributed by atoms with E-state index in [1.807, 2.05) is 0 Å². The predicted octanol–water partition coefficient (Wildman–Crippen LogP) is 2.76. The van der Waals surface area contributed by atoms with E-state index in [0.29, 0.717) is 21.2 Å². The van der Waals surface area contributed by atoms with E-state index >= 15 is 0 Å². The zero-order valence-corrected chi connectivity index (χ0v) is 16.1. The first kappa shape index (κ1) is 19.1. The van der Waals surface area contributed by atoms with Gasteiger partial charge in [0.05, 0.1) is 5.39 Å². The summed E-state index contributed by atoms with van der Waals surface area (Å²) < 4.78 is 1.24. The number of amides is 1. The number of fused-ring (bicyclic) bond motifs is 1. The van der Waals surface area contributed by atoms with E-state index in [1.165, 1.54) is 11.5 Å². The molecule has 0 aliphatic rings. The third-order valence-electron chi connectivity index (χ3n) is 4.34. The number of hydrogen-bond acceptors (Lipinski definition) is 5. The summed E-state index contributed by atoms with van der Waals surface area (Å²) in [7, 11) is 0. The minimum absolute atomic E-state index is 0.0523. The van der Waals surface area contributed by atoms with Gasteiger partial charge in [0.2, 0.25) is 5.91 Å². The van der Waals surface area contributed by atoms with Crippen LogP contribution in [0.5, 0.6) is 0 Å². The molecular weight excluding hydrogens is 390 g/mol. The summed E-state index contributed by atoms with van der Waals surface area (Å²) in [5.41, 5.74) is 6.12. The van der Waals surface area contributed by atoms with Crippen molar-refractivity contribution in [1.29, 1.82) is 0 Å². The smallest absolute Gasteiger partial charge is 0.346 e. The molecule has 3 aromatic rings. The number of hydrogen-bond donors (Lipinski definition) is 2. The van der Waals surface area contributed by atoms with Crippen molar-refractivity contribution >= 4 is 45.0 Å². The molecule has 1 aromatic carbocycles. The Morgan fingerprint density at radius 2 is 1.96 bits per heavy atom. The highest BCUT2D eigenvalue weighted by molar-refractivity contribution is 7.20. The summed E-state index contributed by atoms with van der Waals surface area (Å²) in [6.45, 7) is 3.08. The highest BCUT2D eigenvalue weighted by Gasteiger charge is 2.24. The molecule has 9 heteroatoms. The lowest BCUT2D eigenvalue weighted by Crippen LogP contribution is -2.35. The Labute approximate surface area is 163 Å². The van der Waals surface area contributed by atoms with E-state index in [4.69, 9.17) is 17.3 Å². The zero-order valence-electron chi connectivity index (χ0n) is 14.5. The van der Waals surface area contributed by atoms with Crippen molar-refractivity contribution in [3.05, 3.63) is 61.5 Å². The molecule has 1 unspecified atom stereocenters. The highest BCUT2D eigenvalue weighted by Crippen LogP contribution is 2.28. The molecule has 0 radical (unpaired) electrons. The third-order valence-corrected chi connectivity index (χ3v) is 5.76. The number of thiophene rings is 1. The maximum Gasteiger partial charge on any atom is 0.346 e. The first-order valence-electron chi connectivity index (χ1n) is 8.02. The van der Waals surface area contributed by atoms with Crippen LogP contribution in [0, 0.1) is 6.92 Å². The molecule has 27 heavy (non-hydrogen) atoms. The van der Waals surface area contributed by atoms with Crippen LogP contribution in [0.4, 0.5) is 0 Å². The van der Waals surface area contributed by atoms with Crippen LogP contribution in [0.1, 0.15) is 39.6 Å². The summed E-state index contributed by atoms with van der Waals surface area (Å²) in [6.07, 6.45) is 0.263. The van der Waals surface area contributed by atoms with E-state index in [2.05, 4.69) is 4.98 Å². The van der Waals surface area contributed by atoms with E-state index in [9.17, 15) is 19.5 Å². The van der Waals surface area contributed by atoms with Gasteiger partial charge in [0.1, 0.15) is 21.6 Å².